The van der Waals surface area contributed by atoms with E-state index in [-0.39, 0.29) is 5.91 Å². The van der Waals surface area contributed by atoms with Crippen LogP contribution >= 0.6 is 0 Å². The first-order chi connectivity index (χ1) is 8.16. The highest BCUT2D eigenvalue weighted by Gasteiger charge is 2.12. The third-order valence-electron chi connectivity index (χ3n) is 2.28. The zero-order chi connectivity index (χ0) is 12.3. The number of aryl methyl sites for hydroxylation is 2. The van der Waals surface area contributed by atoms with Crippen LogP contribution in [0, 0.1) is 13.8 Å². The summed E-state index contributed by atoms with van der Waals surface area (Å²) in [6.07, 6.45) is 3.33. The number of hydrazone groups is 1. The van der Waals surface area contributed by atoms with Crippen molar-refractivity contribution in [3.8, 4) is 0 Å². The number of H-pyrrole nitrogens is 1. The zero-order valence-corrected chi connectivity index (χ0v) is 9.65. The lowest BCUT2D eigenvalue weighted by Gasteiger charge is -1.96. The fourth-order valence-corrected chi connectivity index (χ4v) is 1.50. The molecule has 0 spiro atoms. The Hall–Kier alpha value is -2.30. The number of amides is 1. The summed E-state index contributed by atoms with van der Waals surface area (Å²) in [6, 6.07) is 5.39. The smallest absolute Gasteiger partial charge is 0.274 e. The molecule has 2 N–H and O–H groups in total. The summed E-state index contributed by atoms with van der Waals surface area (Å²) in [5, 5.41) is 3.84. The van der Waals surface area contributed by atoms with Gasteiger partial charge in [-0.15, -0.1) is 0 Å². The molecule has 0 saturated heterocycles. The third-order valence-corrected chi connectivity index (χ3v) is 2.28. The van der Waals surface area contributed by atoms with Crippen molar-refractivity contribution in [2.24, 2.45) is 5.10 Å². The summed E-state index contributed by atoms with van der Waals surface area (Å²) in [6.45, 7) is 3.54. The van der Waals surface area contributed by atoms with E-state index < -0.39 is 0 Å². The van der Waals surface area contributed by atoms with Crippen LogP contribution in [0.5, 0.6) is 0 Å². The molecule has 0 aliphatic carbocycles. The Bertz CT molecular complexity index is 538. The van der Waals surface area contributed by atoms with Gasteiger partial charge in [0.15, 0.2) is 0 Å². The number of nitrogens with zero attached hydrogens (tertiary/aromatic N) is 1. The van der Waals surface area contributed by atoms with Crippen LogP contribution < -0.4 is 5.43 Å². The van der Waals surface area contributed by atoms with Crippen LogP contribution in [-0.4, -0.2) is 17.1 Å². The topological polar surface area (TPSA) is 70.4 Å². The molecule has 5 nitrogen and oxygen atoms in total. The molecule has 0 aliphatic rings. The molecule has 0 atom stereocenters. The lowest BCUT2D eigenvalue weighted by molar-refractivity contribution is 0.0953. The highest BCUT2D eigenvalue weighted by Crippen LogP contribution is 2.13. The summed E-state index contributed by atoms with van der Waals surface area (Å²) in [7, 11) is 0. The summed E-state index contributed by atoms with van der Waals surface area (Å²) >= 11 is 0. The maximum absolute atomic E-state index is 11.7. The maximum Gasteiger partial charge on any atom is 0.274 e. The van der Waals surface area contributed by atoms with Gasteiger partial charge in [0.2, 0.25) is 0 Å². The summed E-state index contributed by atoms with van der Waals surface area (Å²) in [5.41, 5.74) is 3.77. The van der Waals surface area contributed by atoms with Gasteiger partial charge in [-0.1, -0.05) is 0 Å². The van der Waals surface area contributed by atoms with E-state index in [0.717, 1.165) is 5.69 Å². The van der Waals surface area contributed by atoms with E-state index in [4.69, 9.17) is 4.42 Å². The second kappa shape index (κ2) is 4.69. The molecule has 0 bridgehead atoms. The number of rotatable bonds is 3. The molecule has 1 amide bonds. The van der Waals surface area contributed by atoms with E-state index in [9.17, 15) is 4.79 Å². The van der Waals surface area contributed by atoms with Crippen molar-refractivity contribution < 1.29 is 9.21 Å². The SMILES string of the molecule is Cc1cc(C(=O)N/N=C/c2ccc[nH]2)c(C)o1. The average Bonchev–Trinajstić information content (AvgIpc) is 2.88. The third kappa shape index (κ3) is 2.63. The van der Waals surface area contributed by atoms with E-state index in [1.807, 2.05) is 12.1 Å². The van der Waals surface area contributed by atoms with E-state index in [1.165, 1.54) is 0 Å². The van der Waals surface area contributed by atoms with E-state index >= 15 is 0 Å². The van der Waals surface area contributed by atoms with Crippen LogP contribution in [0.1, 0.15) is 27.6 Å². The second-order valence-corrected chi connectivity index (χ2v) is 3.65. The molecule has 17 heavy (non-hydrogen) atoms. The minimum atomic E-state index is -0.276. The minimum Gasteiger partial charge on any atom is -0.466 e. The predicted molar refractivity (Wildman–Crippen MR) is 64.0 cm³/mol. The molecule has 2 heterocycles. The van der Waals surface area contributed by atoms with Gasteiger partial charge in [-0.2, -0.15) is 5.10 Å². The highest BCUT2D eigenvalue weighted by atomic mass is 16.3. The monoisotopic (exact) mass is 231 g/mol. The van der Waals surface area contributed by atoms with Crippen LogP contribution in [0.4, 0.5) is 0 Å². The summed E-state index contributed by atoms with van der Waals surface area (Å²) in [4.78, 5) is 14.7. The number of hydrogen-bond donors (Lipinski definition) is 2. The Kier molecular flexibility index (Phi) is 3.09. The Morgan fingerprint density at radius 3 is 2.94 bits per heavy atom. The number of carbonyl (C=O) groups is 1. The molecule has 0 aromatic carbocycles. The Balaban J connectivity index is 2.00. The number of aromatic nitrogens is 1. The van der Waals surface area contributed by atoms with Crippen LogP contribution in [0.25, 0.3) is 0 Å². The average molecular weight is 231 g/mol. The van der Waals surface area contributed by atoms with Crippen molar-refractivity contribution >= 4 is 12.1 Å². The zero-order valence-electron chi connectivity index (χ0n) is 9.65. The Morgan fingerprint density at radius 1 is 1.53 bits per heavy atom. The molecule has 0 saturated carbocycles. The van der Waals surface area contributed by atoms with Crippen LogP contribution in [0.2, 0.25) is 0 Å². The number of hydrogen-bond acceptors (Lipinski definition) is 3. The fraction of sp³-hybridized carbons (Fsp3) is 0.167. The van der Waals surface area contributed by atoms with Gasteiger partial charge in [-0.3, -0.25) is 4.79 Å². The highest BCUT2D eigenvalue weighted by molar-refractivity contribution is 5.95. The van der Waals surface area contributed by atoms with Crippen LogP contribution in [0.3, 0.4) is 0 Å². The molecule has 2 aromatic heterocycles. The number of carbonyl (C=O) groups excluding carboxylic acids is 1. The van der Waals surface area contributed by atoms with Gasteiger partial charge in [0.05, 0.1) is 17.5 Å². The number of furan rings is 1. The first-order valence-corrected chi connectivity index (χ1v) is 5.20. The van der Waals surface area contributed by atoms with Crippen LogP contribution in [-0.2, 0) is 0 Å². The Morgan fingerprint density at radius 2 is 2.35 bits per heavy atom. The van der Waals surface area contributed by atoms with Crippen LogP contribution in [0.15, 0.2) is 33.9 Å². The molecular formula is C12H13N3O2. The van der Waals surface area contributed by atoms with Gasteiger partial charge in [0.25, 0.3) is 5.91 Å². The van der Waals surface area contributed by atoms with Gasteiger partial charge < -0.3 is 9.40 Å². The Labute approximate surface area is 98.5 Å². The van der Waals surface area contributed by atoms with Crippen molar-refractivity contribution in [3.05, 3.63) is 47.2 Å². The quantitative estimate of drug-likeness (QED) is 0.626. The first-order valence-electron chi connectivity index (χ1n) is 5.20. The van der Waals surface area contributed by atoms with E-state index in [1.54, 1.807) is 32.3 Å². The van der Waals surface area contributed by atoms with Crippen molar-refractivity contribution in [3.63, 3.8) is 0 Å². The molecule has 0 fully saturated rings. The molecular weight excluding hydrogens is 218 g/mol. The normalized spacial score (nSPS) is 10.9. The van der Waals surface area contributed by atoms with Gasteiger partial charge in [-0.25, -0.2) is 5.43 Å². The number of aromatic amines is 1. The first kappa shape index (κ1) is 11.2. The van der Waals surface area contributed by atoms with Gasteiger partial charge >= 0.3 is 0 Å². The van der Waals surface area contributed by atoms with Crippen molar-refractivity contribution in [1.82, 2.24) is 10.4 Å². The molecule has 88 valence electrons. The molecule has 0 unspecified atom stereocenters. The van der Waals surface area contributed by atoms with E-state index in [2.05, 4.69) is 15.5 Å². The van der Waals surface area contributed by atoms with Gasteiger partial charge in [0.1, 0.15) is 11.5 Å². The minimum absolute atomic E-state index is 0.276. The number of nitrogens with one attached hydrogen (secondary N) is 2. The van der Waals surface area contributed by atoms with Crippen molar-refractivity contribution in [1.29, 1.82) is 0 Å². The molecule has 2 aromatic rings. The van der Waals surface area contributed by atoms with Crippen molar-refractivity contribution in [2.75, 3.05) is 0 Å². The molecule has 2 rings (SSSR count). The lowest BCUT2D eigenvalue weighted by atomic mass is 10.2. The molecule has 0 aliphatic heterocycles. The largest absolute Gasteiger partial charge is 0.466 e. The fourth-order valence-electron chi connectivity index (χ4n) is 1.50. The van der Waals surface area contributed by atoms with Gasteiger partial charge in [-0.05, 0) is 32.0 Å². The van der Waals surface area contributed by atoms with Gasteiger partial charge in [0, 0.05) is 6.20 Å². The lowest BCUT2D eigenvalue weighted by Crippen LogP contribution is -2.17. The maximum atomic E-state index is 11.7. The van der Waals surface area contributed by atoms with E-state index in [0.29, 0.717) is 17.1 Å². The predicted octanol–water partition coefficient (Wildman–Crippen LogP) is 1.99. The molecule has 5 heteroatoms. The summed E-state index contributed by atoms with van der Waals surface area (Å²) < 4.78 is 5.27. The second-order valence-electron chi connectivity index (χ2n) is 3.65. The van der Waals surface area contributed by atoms with Crippen molar-refractivity contribution in [2.45, 2.75) is 13.8 Å². The molecule has 0 radical (unpaired) electrons. The standard InChI is InChI=1S/C12H13N3O2/c1-8-6-11(9(2)17-8)12(16)15-14-7-10-4-3-5-13-10/h3-7,13H,1-2H3,(H,15,16)/b14-7+. The summed E-state index contributed by atoms with van der Waals surface area (Å²) in [5.74, 6) is 1.03.